The highest BCUT2D eigenvalue weighted by Crippen LogP contribution is 2.19. The highest BCUT2D eigenvalue weighted by Gasteiger charge is 2.25. The topological polar surface area (TPSA) is 77.0 Å². The van der Waals surface area contributed by atoms with Gasteiger partial charge in [-0.3, -0.25) is 4.79 Å². The van der Waals surface area contributed by atoms with E-state index in [1.165, 1.54) is 0 Å². The lowest BCUT2D eigenvalue weighted by Crippen LogP contribution is -2.34. The zero-order chi connectivity index (χ0) is 14.8. The summed E-state index contributed by atoms with van der Waals surface area (Å²) in [5.41, 5.74) is 7.27. The van der Waals surface area contributed by atoms with Crippen LogP contribution >= 0.6 is 0 Å². The van der Waals surface area contributed by atoms with E-state index in [2.05, 4.69) is 10.1 Å². The number of benzene rings is 1. The maximum atomic E-state index is 12.4. The fourth-order valence-electron chi connectivity index (χ4n) is 2.54. The van der Waals surface area contributed by atoms with Gasteiger partial charge in [-0.2, -0.15) is 5.10 Å². The Morgan fingerprint density at radius 1 is 1.24 bits per heavy atom. The van der Waals surface area contributed by atoms with Crippen LogP contribution in [-0.4, -0.2) is 38.7 Å². The lowest BCUT2D eigenvalue weighted by molar-refractivity contribution is -0.133. The van der Waals surface area contributed by atoms with E-state index in [0.717, 1.165) is 31.5 Å². The largest absolute Gasteiger partial charge is 0.399 e. The molecule has 1 amide bonds. The lowest BCUT2D eigenvalue weighted by atomic mass is 10.2. The summed E-state index contributed by atoms with van der Waals surface area (Å²) in [5.74, 6) is 0.720. The van der Waals surface area contributed by atoms with Crippen LogP contribution in [0.1, 0.15) is 25.8 Å². The summed E-state index contributed by atoms with van der Waals surface area (Å²) in [4.78, 5) is 18.5. The summed E-state index contributed by atoms with van der Waals surface area (Å²) in [7, 11) is 0. The average Bonchev–Trinajstić information content (AvgIpc) is 3.18. The van der Waals surface area contributed by atoms with Crippen LogP contribution in [0.25, 0.3) is 11.4 Å². The van der Waals surface area contributed by atoms with Gasteiger partial charge in [0.2, 0.25) is 5.91 Å². The highest BCUT2D eigenvalue weighted by atomic mass is 16.2. The van der Waals surface area contributed by atoms with Crippen molar-refractivity contribution in [1.82, 2.24) is 19.7 Å². The third-order valence-corrected chi connectivity index (χ3v) is 3.85. The number of amides is 1. The summed E-state index contributed by atoms with van der Waals surface area (Å²) in [6.07, 6.45) is 3.79. The number of carbonyl (C=O) groups excluding carboxylic acids is 1. The van der Waals surface area contributed by atoms with Crippen LogP contribution in [0.3, 0.4) is 0 Å². The molecule has 0 spiro atoms. The summed E-state index contributed by atoms with van der Waals surface area (Å²) >= 11 is 0. The van der Waals surface area contributed by atoms with Gasteiger partial charge in [-0.05, 0) is 44.0 Å². The molecule has 0 saturated carbocycles. The number of anilines is 1. The number of likely N-dealkylation sites (tertiary alicyclic amines) is 1. The van der Waals surface area contributed by atoms with Gasteiger partial charge in [0.1, 0.15) is 12.4 Å². The minimum Gasteiger partial charge on any atom is -0.399 e. The number of nitrogens with zero attached hydrogens (tertiary/aromatic N) is 4. The fourth-order valence-corrected chi connectivity index (χ4v) is 2.54. The second kappa shape index (κ2) is 5.55. The molecule has 2 N–H and O–H groups in total. The molecule has 1 atom stereocenters. The monoisotopic (exact) mass is 285 g/mol. The first-order valence-corrected chi connectivity index (χ1v) is 7.21. The Hall–Kier alpha value is -2.37. The molecule has 1 aromatic heterocycles. The van der Waals surface area contributed by atoms with Crippen molar-refractivity contribution in [3.63, 3.8) is 0 Å². The standard InChI is InChI=1S/C15H19N5O/c1-11(15(21)19-8-2-3-9-19)20-10-17-14(18-20)12-4-6-13(16)7-5-12/h4-7,10-11H,2-3,8-9,16H2,1H3. The summed E-state index contributed by atoms with van der Waals surface area (Å²) < 4.78 is 1.63. The maximum Gasteiger partial charge on any atom is 0.247 e. The van der Waals surface area contributed by atoms with Gasteiger partial charge in [0, 0.05) is 24.3 Å². The van der Waals surface area contributed by atoms with Crippen molar-refractivity contribution >= 4 is 11.6 Å². The van der Waals surface area contributed by atoms with Gasteiger partial charge in [-0.25, -0.2) is 9.67 Å². The molecule has 6 heteroatoms. The van der Waals surface area contributed by atoms with Gasteiger partial charge >= 0.3 is 0 Å². The molecule has 3 rings (SSSR count). The van der Waals surface area contributed by atoms with E-state index in [9.17, 15) is 4.79 Å². The molecule has 1 aliphatic heterocycles. The van der Waals surface area contributed by atoms with Crippen LogP contribution < -0.4 is 5.73 Å². The smallest absolute Gasteiger partial charge is 0.247 e. The number of nitrogen functional groups attached to an aromatic ring is 1. The molecule has 1 saturated heterocycles. The Labute approximate surface area is 123 Å². The minimum atomic E-state index is -0.321. The Morgan fingerprint density at radius 2 is 1.90 bits per heavy atom. The quantitative estimate of drug-likeness (QED) is 0.871. The van der Waals surface area contributed by atoms with Gasteiger partial charge < -0.3 is 10.6 Å². The van der Waals surface area contributed by atoms with Gasteiger partial charge in [-0.15, -0.1) is 0 Å². The van der Waals surface area contributed by atoms with Crippen LogP contribution in [0.5, 0.6) is 0 Å². The maximum absolute atomic E-state index is 12.4. The normalized spacial score (nSPS) is 16.1. The van der Waals surface area contributed by atoms with E-state index in [1.807, 2.05) is 36.1 Å². The summed E-state index contributed by atoms with van der Waals surface area (Å²) in [6, 6.07) is 7.06. The summed E-state index contributed by atoms with van der Waals surface area (Å²) in [6.45, 7) is 3.56. The predicted octanol–water partition coefficient (Wildman–Crippen LogP) is 1.71. The number of hydrogen-bond acceptors (Lipinski definition) is 4. The molecule has 1 fully saturated rings. The molecule has 0 bridgehead atoms. The van der Waals surface area contributed by atoms with Crippen LogP contribution in [0.15, 0.2) is 30.6 Å². The number of carbonyl (C=O) groups is 1. The van der Waals surface area contributed by atoms with Crippen molar-refractivity contribution in [2.75, 3.05) is 18.8 Å². The third-order valence-electron chi connectivity index (χ3n) is 3.85. The first-order chi connectivity index (χ1) is 10.1. The minimum absolute atomic E-state index is 0.112. The zero-order valence-electron chi connectivity index (χ0n) is 12.1. The Bertz CT molecular complexity index is 628. The zero-order valence-corrected chi connectivity index (χ0v) is 12.1. The molecule has 21 heavy (non-hydrogen) atoms. The van der Waals surface area contributed by atoms with Gasteiger partial charge in [-0.1, -0.05) is 0 Å². The summed E-state index contributed by atoms with van der Waals surface area (Å²) in [5, 5.41) is 4.42. The number of hydrogen-bond donors (Lipinski definition) is 1. The van der Waals surface area contributed by atoms with Gasteiger partial charge in [0.15, 0.2) is 5.82 Å². The van der Waals surface area contributed by atoms with Crippen molar-refractivity contribution in [3.05, 3.63) is 30.6 Å². The first-order valence-electron chi connectivity index (χ1n) is 7.21. The number of rotatable bonds is 3. The van der Waals surface area contributed by atoms with Gasteiger partial charge in [0.25, 0.3) is 0 Å². The molecular formula is C15H19N5O. The molecular weight excluding hydrogens is 266 g/mol. The highest BCUT2D eigenvalue weighted by molar-refractivity contribution is 5.80. The van der Waals surface area contributed by atoms with E-state index >= 15 is 0 Å². The Balaban J connectivity index is 1.77. The third kappa shape index (κ3) is 2.74. The van der Waals surface area contributed by atoms with Crippen molar-refractivity contribution in [3.8, 4) is 11.4 Å². The van der Waals surface area contributed by atoms with Crippen molar-refractivity contribution in [2.45, 2.75) is 25.8 Å². The molecule has 2 heterocycles. The number of nitrogens with two attached hydrogens (primary N) is 1. The lowest BCUT2D eigenvalue weighted by Gasteiger charge is -2.19. The predicted molar refractivity (Wildman–Crippen MR) is 80.4 cm³/mol. The average molecular weight is 285 g/mol. The van der Waals surface area contributed by atoms with Crippen LogP contribution in [0.4, 0.5) is 5.69 Å². The van der Waals surface area contributed by atoms with Crippen LogP contribution in [-0.2, 0) is 4.79 Å². The second-order valence-corrected chi connectivity index (χ2v) is 5.38. The van der Waals surface area contributed by atoms with Gasteiger partial charge in [0.05, 0.1) is 0 Å². The van der Waals surface area contributed by atoms with Crippen molar-refractivity contribution in [1.29, 1.82) is 0 Å². The molecule has 1 aliphatic rings. The van der Waals surface area contributed by atoms with E-state index in [0.29, 0.717) is 11.5 Å². The van der Waals surface area contributed by atoms with E-state index in [1.54, 1.807) is 11.0 Å². The van der Waals surface area contributed by atoms with E-state index < -0.39 is 0 Å². The first kappa shape index (κ1) is 13.6. The van der Waals surface area contributed by atoms with Crippen molar-refractivity contribution < 1.29 is 4.79 Å². The SMILES string of the molecule is CC(C(=O)N1CCCC1)n1cnc(-c2ccc(N)cc2)n1. The molecule has 0 aliphatic carbocycles. The molecule has 1 unspecified atom stereocenters. The second-order valence-electron chi connectivity index (χ2n) is 5.38. The molecule has 2 aromatic rings. The Morgan fingerprint density at radius 3 is 2.57 bits per heavy atom. The van der Waals surface area contributed by atoms with Crippen LogP contribution in [0.2, 0.25) is 0 Å². The Kier molecular flexibility index (Phi) is 3.60. The molecule has 110 valence electrons. The van der Waals surface area contributed by atoms with Crippen LogP contribution in [0, 0.1) is 0 Å². The fraction of sp³-hybridized carbons (Fsp3) is 0.400. The number of aromatic nitrogens is 3. The molecule has 0 radical (unpaired) electrons. The van der Waals surface area contributed by atoms with E-state index in [-0.39, 0.29) is 11.9 Å². The van der Waals surface area contributed by atoms with Crippen molar-refractivity contribution in [2.24, 2.45) is 0 Å². The molecule has 1 aromatic carbocycles. The van der Waals surface area contributed by atoms with E-state index in [4.69, 9.17) is 5.73 Å². The molecule has 6 nitrogen and oxygen atoms in total.